The van der Waals surface area contributed by atoms with Crippen LogP contribution < -0.4 is 5.56 Å². The van der Waals surface area contributed by atoms with Crippen molar-refractivity contribution >= 4 is 16.8 Å². The summed E-state index contributed by atoms with van der Waals surface area (Å²) in [4.78, 5) is 36.9. The van der Waals surface area contributed by atoms with Crippen molar-refractivity contribution in [2.45, 2.75) is 37.9 Å². The Hall–Kier alpha value is -3.02. The van der Waals surface area contributed by atoms with E-state index >= 15 is 0 Å². The monoisotopic (exact) mass is 346 g/mol. The van der Waals surface area contributed by atoms with Gasteiger partial charge in [0.05, 0.1) is 16.9 Å². The molecule has 3 aromatic rings. The minimum Gasteiger partial charge on any atom is -0.329 e. The van der Waals surface area contributed by atoms with Crippen LogP contribution in [0, 0.1) is 0 Å². The van der Waals surface area contributed by atoms with Crippen molar-refractivity contribution < 1.29 is 4.79 Å². The Kier molecular flexibility index (Phi) is 3.38. The quantitative estimate of drug-likeness (QED) is 0.676. The van der Waals surface area contributed by atoms with Crippen LogP contribution in [-0.4, -0.2) is 37.4 Å². The van der Waals surface area contributed by atoms with Crippen molar-refractivity contribution in [2.75, 3.05) is 0 Å². The molecule has 0 radical (unpaired) electrons. The molecule has 0 aliphatic carbocycles. The third-order valence-corrected chi connectivity index (χ3v) is 5.49. The zero-order valence-corrected chi connectivity index (χ0v) is 14.2. The van der Waals surface area contributed by atoms with Crippen LogP contribution in [0.25, 0.3) is 10.9 Å². The number of nitrogens with zero attached hydrogens (tertiary/aromatic N) is 4. The molecule has 2 aliphatic heterocycles. The van der Waals surface area contributed by atoms with Gasteiger partial charge in [-0.25, -0.2) is 4.98 Å². The predicted molar refractivity (Wildman–Crippen MR) is 96.9 cm³/mol. The van der Waals surface area contributed by atoms with Gasteiger partial charge in [0.25, 0.3) is 11.5 Å². The van der Waals surface area contributed by atoms with Gasteiger partial charge in [0, 0.05) is 25.2 Å². The lowest BCUT2D eigenvalue weighted by Gasteiger charge is -2.27. The van der Waals surface area contributed by atoms with Crippen LogP contribution in [0.3, 0.4) is 0 Å². The first kappa shape index (κ1) is 15.3. The van der Waals surface area contributed by atoms with Crippen molar-refractivity contribution in [3.05, 3.63) is 70.5 Å². The highest BCUT2D eigenvalue weighted by Crippen LogP contribution is 2.32. The minimum atomic E-state index is -0.0523. The van der Waals surface area contributed by atoms with Gasteiger partial charge in [-0.15, -0.1) is 0 Å². The lowest BCUT2D eigenvalue weighted by atomic mass is 10.1. The molecular formula is C20H18N4O2. The van der Waals surface area contributed by atoms with Crippen molar-refractivity contribution in [3.8, 4) is 0 Å². The molecule has 1 aromatic carbocycles. The highest BCUT2D eigenvalue weighted by atomic mass is 16.2. The normalized spacial score (nSPS) is 21.5. The van der Waals surface area contributed by atoms with E-state index in [1.54, 1.807) is 22.9 Å². The largest absolute Gasteiger partial charge is 0.329 e. The highest BCUT2D eigenvalue weighted by molar-refractivity contribution is 5.93. The summed E-state index contributed by atoms with van der Waals surface area (Å²) >= 11 is 0. The summed E-state index contributed by atoms with van der Waals surface area (Å²) < 4.78 is 1.77. The van der Waals surface area contributed by atoms with E-state index in [0.717, 1.165) is 24.2 Å². The van der Waals surface area contributed by atoms with E-state index in [9.17, 15) is 9.59 Å². The predicted octanol–water partition coefficient (Wildman–Crippen LogP) is 2.02. The maximum atomic E-state index is 13.0. The Labute approximate surface area is 150 Å². The van der Waals surface area contributed by atoms with E-state index in [-0.39, 0.29) is 23.6 Å². The molecule has 26 heavy (non-hydrogen) atoms. The van der Waals surface area contributed by atoms with Crippen molar-refractivity contribution in [1.29, 1.82) is 0 Å². The fraction of sp³-hybridized carbons (Fsp3) is 0.300. The molecule has 4 heterocycles. The maximum absolute atomic E-state index is 13.0. The van der Waals surface area contributed by atoms with Gasteiger partial charge in [0.1, 0.15) is 11.5 Å². The van der Waals surface area contributed by atoms with Gasteiger partial charge in [-0.2, -0.15) is 0 Å². The summed E-state index contributed by atoms with van der Waals surface area (Å²) in [6.07, 6.45) is 4.09. The van der Waals surface area contributed by atoms with Crippen LogP contribution in [0.2, 0.25) is 0 Å². The number of para-hydroxylation sites is 1. The summed E-state index contributed by atoms with van der Waals surface area (Å²) in [7, 11) is 0. The van der Waals surface area contributed by atoms with Gasteiger partial charge in [-0.1, -0.05) is 18.2 Å². The van der Waals surface area contributed by atoms with Crippen LogP contribution in [0.15, 0.2) is 53.5 Å². The number of hydrogen-bond acceptors (Lipinski definition) is 4. The van der Waals surface area contributed by atoms with Crippen molar-refractivity contribution in [3.63, 3.8) is 0 Å². The first-order valence-electron chi connectivity index (χ1n) is 8.94. The fourth-order valence-corrected chi connectivity index (χ4v) is 4.27. The van der Waals surface area contributed by atoms with E-state index in [1.807, 2.05) is 35.2 Å². The van der Waals surface area contributed by atoms with E-state index in [4.69, 9.17) is 4.98 Å². The van der Waals surface area contributed by atoms with Crippen LogP contribution in [0.5, 0.6) is 0 Å². The summed E-state index contributed by atoms with van der Waals surface area (Å²) in [5.74, 6) is 0.725. The number of carbonyl (C=O) groups excluding carboxylic acids is 1. The average Bonchev–Trinajstić information content (AvgIpc) is 2.98. The Morgan fingerprint density at radius 3 is 2.69 bits per heavy atom. The molecule has 0 N–H and O–H groups in total. The van der Waals surface area contributed by atoms with Gasteiger partial charge in [0.15, 0.2) is 0 Å². The summed E-state index contributed by atoms with van der Waals surface area (Å²) in [5, 5.41) is 0.636. The minimum absolute atomic E-state index is 0.0106. The van der Waals surface area contributed by atoms with Crippen LogP contribution in [0.1, 0.15) is 29.2 Å². The summed E-state index contributed by atoms with van der Waals surface area (Å²) in [6, 6.07) is 12.9. The smallest absolute Gasteiger partial charge is 0.273 e. The maximum Gasteiger partial charge on any atom is 0.273 e. The Bertz CT molecular complexity index is 1060. The second kappa shape index (κ2) is 5.76. The number of hydrogen-bond donors (Lipinski definition) is 0. The van der Waals surface area contributed by atoms with E-state index in [1.165, 1.54) is 0 Å². The van der Waals surface area contributed by atoms with Crippen molar-refractivity contribution in [2.24, 2.45) is 0 Å². The molecular weight excluding hydrogens is 328 g/mol. The third-order valence-electron chi connectivity index (χ3n) is 5.49. The van der Waals surface area contributed by atoms with Gasteiger partial charge in [0.2, 0.25) is 0 Å². The third kappa shape index (κ3) is 2.25. The Morgan fingerprint density at radius 1 is 1.04 bits per heavy atom. The highest BCUT2D eigenvalue weighted by Gasteiger charge is 2.41. The number of amides is 1. The lowest BCUT2D eigenvalue weighted by molar-refractivity contribution is 0.0659. The van der Waals surface area contributed by atoms with Crippen molar-refractivity contribution in [1.82, 2.24) is 19.4 Å². The molecule has 130 valence electrons. The molecule has 6 heteroatoms. The molecule has 0 spiro atoms. The first-order chi connectivity index (χ1) is 12.7. The Morgan fingerprint density at radius 2 is 1.85 bits per heavy atom. The molecule has 0 unspecified atom stereocenters. The standard InChI is InChI=1S/C20H18N4O2/c25-19-15-5-1-2-6-16(15)22-18-11-13-8-9-14(12-23(18)19)24(13)20(26)17-7-3-4-10-21-17/h1-7,10,13-14H,8-9,11-12H2/t13-,14-/m0/s1. The molecule has 2 bridgehead atoms. The van der Waals surface area contributed by atoms with Crippen LogP contribution in [-0.2, 0) is 13.0 Å². The number of benzene rings is 1. The van der Waals surface area contributed by atoms with E-state index in [2.05, 4.69) is 4.98 Å². The Balaban J connectivity index is 1.59. The van der Waals surface area contributed by atoms with E-state index in [0.29, 0.717) is 24.0 Å². The zero-order chi connectivity index (χ0) is 17.7. The molecule has 1 saturated heterocycles. The van der Waals surface area contributed by atoms with Crippen LogP contribution in [0.4, 0.5) is 0 Å². The summed E-state index contributed by atoms with van der Waals surface area (Å²) in [5.41, 5.74) is 1.17. The van der Waals surface area contributed by atoms with Gasteiger partial charge in [-0.05, 0) is 37.1 Å². The fourth-order valence-electron chi connectivity index (χ4n) is 4.27. The molecule has 2 aromatic heterocycles. The second-order valence-electron chi connectivity index (χ2n) is 6.98. The van der Waals surface area contributed by atoms with Gasteiger partial charge >= 0.3 is 0 Å². The summed E-state index contributed by atoms with van der Waals surface area (Å²) in [6.45, 7) is 0.501. The van der Waals surface area contributed by atoms with E-state index < -0.39 is 0 Å². The molecule has 6 nitrogen and oxygen atoms in total. The first-order valence-corrected chi connectivity index (χ1v) is 8.94. The van der Waals surface area contributed by atoms with Crippen LogP contribution >= 0.6 is 0 Å². The number of aromatic nitrogens is 3. The lowest BCUT2D eigenvalue weighted by Crippen LogP contribution is -2.42. The average molecular weight is 346 g/mol. The molecule has 0 saturated carbocycles. The number of carbonyl (C=O) groups is 1. The van der Waals surface area contributed by atoms with Gasteiger partial charge in [-0.3, -0.25) is 19.1 Å². The second-order valence-corrected chi connectivity index (χ2v) is 6.98. The number of pyridine rings is 1. The zero-order valence-electron chi connectivity index (χ0n) is 14.2. The van der Waals surface area contributed by atoms with Gasteiger partial charge < -0.3 is 4.90 Å². The molecule has 5 rings (SSSR count). The molecule has 1 amide bonds. The SMILES string of the molecule is O=C(c1ccccn1)N1[C@H]2CC[C@H]1Cn1c(nc3ccccc3c1=O)C2. The molecule has 1 fully saturated rings. The topological polar surface area (TPSA) is 68.1 Å². The number of fused-ring (bicyclic) bond motifs is 4. The number of rotatable bonds is 1. The molecule has 2 atom stereocenters. The molecule has 2 aliphatic rings.